The molecule has 7 heteroatoms. The van der Waals surface area contributed by atoms with Crippen LogP contribution in [0.4, 0.5) is 5.82 Å². The summed E-state index contributed by atoms with van der Waals surface area (Å²) in [6.45, 7) is 2.16. The Kier molecular flexibility index (Phi) is 4.36. The first kappa shape index (κ1) is 15.4. The predicted molar refractivity (Wildman–Crippen MR) is 82.5 cm³/mol. The van der Waals surface area contributed by atoms with Crippen LogP contribution in [0.15, 0.2) is 23.0 Å². The largest absolute Gasteiger partial charge is 0.493 e. The Labute approximate surface area is 131 Å². The number of aromatic amines is 1. The number of hydrogen-bond acceptors (Lipinski definition) is 5. The summed E-state index contributed by atoms with van der Waals surface area (Å²) in [6, 6.07) is 8.47. The number of anilines is 1. The quantitative estimate of drug-likeness (QED) is 0.902. The van der Waals surface area contributed by atoms with Gasteiger partial charge in [-0.25, -0.2) is 0 Å². The van der Waals surface area contributed by atoms with Gasteiger partial charge in [-0.2, -0.15) is 10.5 Å². The summed E-state index contributed by atoms with van der Waals surface area (Å²) in [4.78, 5) is 14.2. The number of ether oxygens (including phenoxy) is 1. The number of pyridine rings is 1. The van der Waals surface area contributed by atoms with Gasteiger partial charge in [0.25, 0.3) is 5.56 Å². The summed E-state index contributed by atoms with van der Waals surface area (Å²) in [5, 5.41) is 19.0. The third-order valence-electron chi connectivity index (χ3n) is 2.98. The zero-order valence-corrected chi connectivity index (χ0v) is 12.4. The number of nitrogens with zero attached hydrogens (tertiary/aromatic N) is 2. The zero-order chi connectivity index (χ0) is 16.3. The molecule has 0 fully saturated rings. The lowest BCUT2D eigenvalue weighted by atomic mass is 9.96. The number of rotatable bonds is 3. The van der Waals surface area contributed by atoms with E-state index in [0.717, 1.165) is 0 Å². The highest BCUT2D eigenvalue weighted by atomic mass is 35.5. The van der Waals surface area contributed by atoms with Crippen LogP contribution in [0.3, 0.4) is 0 Å². The maximum absolute atomic E-state index is 11.9. The Bertz CT molecular complexity index is 875. The number of H-pyrrole nitrogens is 1. The highest BCUT2D eigenvalue weighted by Crippen LogP contribution is 2.36. The molecule has 1 aromatic heterocycles. The fraction of sp³-hybridized carbons (Fsp3) is 0.133. The number of hydrogen-bond donors (Lipinski definition) is 2. The van der Waals surface area contributed by atoms with Crippen LogP contribution in [-0.2, 0) is 0 Å². The number of benzene rings is 1. The Morgan fingerprint density at radius 1 is 1.32 bits per heavy atom. The van der Waals surface area contributed by atoms with Crippen LogP contribution < -0.4 is 16.0 Å². The van der Waals surface area contributed by atoms with Crippen molar-refractivity contribution in [2.45, 2.75) is 6.92 Å². The van der Waals surface area contributed by atoms with Crippen LogP contribution in [0.2, 0.25) is 5.02 Å². The van der Waals surface area contributed by atoms with Gasteiger partial charge >= 0.3 is 0 Å². The molecule has 22 heavy (non-hydrogen) atoms. The van der Waals surface area contributed by atoms with E-state index in [-0.39, 0.29) is 22.5 Å². The minimum atomic E-state index is -0.670. The lowest BCUT2D eigenvalue weighted by Gasteiger charge is -2.14. The third kappa shape index (κ3) is 2.60. The lowest BCUT2D eigenvalue weighted by Crippen LogP contribution is -2.16. The van der Waals surface area contributed by atoms with E-state index in [1.807, 2.05) is 6.07 Å². The van der Waals surface area contributed by atoms with Crippen molar-refractivity contribution in [3.8, 4) is 29.0 Å². The summed E-state index contributed by atoms with van der Waals surface area (Å²) < 4.78 is 5.49. The van der Waals surface area contributed by atoms with E-state index in [1.54, 1.807) is 25.1 Å². The Balaban J connectivity index is 2.95. The van der Waals surface area contributed by atoms with Crippen molar-refractivity contribution in [1.29, 1.82) is 10.5 Å². The normalized spacial score (nSPS) is 9.82. The topological polar surface area (TPSA) is 116 Å². The van der Waals surface area contributed by atoms with Crippen molar-refractivity contribution in [3.05, 3.63) is 44.7 Å². The van der Waals surface area contributed by atoms with E-state index in [4.69, 9.17) is 22.1 Å². The fourth-order valence-corrected chi connectivity index (χ4v) is 2.26. The highest BCUT2D eigenvalue weighted by molar-refractivity contribution is 6.31. The monoisotopic (exact) mass is 314 g/mol. The molecule has 0 amide bonds. The van der Waals surface area contributed by atoms with Crippen LogP contribution in [0.1, 0.15) is 18.1 Å². The molecule has 0 aliphatic heterocycles. The predicted octanol–water partition coefficient (Wildman–Crippen LogP) is 2.42. The molecule has 0 aliphatic rings. The number of nitrogen functional groups attached to an aromatic ring is 1. The van der Waals surface area contributed by atoms with Crippen molar-refractivity contribution >= 4 is 17.4 Å². The Morgan fingerprint density at radius 2 is 2.00 bits per heavy atom. The second-order valence-electron chi connectivity index (χ2n) is 4.29. The molecule has 0 unspecified atom stereocenters. The van der Waals surface area contributed by atoms with Crippen molar-refractivity contribution in [1.82, 2.24) is 4.98 Å². The molecule has 0 atom stereocenters. The SMILES string of the molecule is CCOc1ccc(Cl)cc1-c1c(C#N)c(N)[nH]c(=O)c1C#N. The minimum absolute atomic E-state index is 0.000584. The van der Waals surface area contributed by atoms with Crippen molar-refractivity contribution < 1.29 is 4.74 Å². The van der Waals surface area contributed by atoms with Gasteiger partial charge in [-0.15, -0.1) is 0 Å². The lowest BCUT2D eigenvalue weighted by molar-refractivity contribution is 0.341. The van der Waals surface area contributed by atoms with Crippen molar-refractivity contribution in [2.24, 2.45) is 0 Å². The van der Waals surface area contributed by atoms with Crippen LogP contribution in [0.5, 0.6) is 5.75 Å². The minimum Gasteiger partial charge on any atom is -0.493 e. The number of nitrogens with two attached hydrogens (primary N) is 1. The molecule has 0 radical (unpaired) electrons. The average molecular weight is 315 g/mol. The summed E-state index contributed by atoms with van der Waals surface area (Å²) >= 11 is 6.00. The molecule has 0 aliphatic carbocycles. The molecule has 2 aromatic rings. The van der Waals surface area contributed by atoms with Gasteiger partial charge in [-0.3, -0.25) is 4.79 Å². The maximum atomic E-state index is 11.9. The van der Waals surface area contributed by atoms with E-state index in [9.17, 15) is 15.3 Å². The Hall–Kier alpha value is -2.96. The first-order chi connectivity index (χ1) is 10.5. The summed E-state index contributed by atoms with van der Waals surface area (Å²) in [6.07, 6.45) is 0. The van der Waals surface area contributed by atoms with E-state index in [2.05, 4.69) is 4.98 Å². The third-order valence-corrected chi connectivity index (χ3v) is 3.21. The zero-order valence-electron chi connectivity index (χ0n) is 11.6. The molecule has 3 N–H and O–H groups in total. The highest BCUT2D eigenvalue weighted by Gasteiger charge is 2.21. The fourth-order valence-electron chi connectivity index (χ4n) is 2.09. The number of halogens is 1. The van der Waals surface area contributed by atoms with E-state index < -0.39 is 5.56 Å². The van der Waals surface area contributed by atoms with Gasteiger partial charge in [0.2, 0.25) is 0 Å². The van der Waals surface area contributed by atoms with Gasteiger partial charge in [0, 0.05) is 16.1 Å². The summed E-state index contributed by atoms with van der Waals surface area (Å²) in [5.74, 6) is 0.300. The number of nitrogens with one attached hydrogen (secondary N) is 1. The molecular formula is C15H11ClN4O2. The number of aromatic nitrogens is 1. The molecule has 6 nitrogen and oxygen atoms in total. The van der Waals surface area contributed by atoms with Gasteiger partial charge < -0.3 is 15.5 Å². The second-order valence-corrected chi connectivity index (χ2v) is 4.73. The van der Waals surface area contributed by atoms with Crippen LogP contribution in [0, 0.1) is 22.7 Å². The van der Waals surface area contributed by atoms with Gasteiger partial charge in [-0.1, -0.05) is 11.6 Å². The number of nitriles is 2. The molecule has 1 heterocycles. The van der Waals surface area contributed by atoms with Crippen LogP contribution in [0.25, 0.3) is 11.1 Å². The van der Waals surface area contributed by atoms with Gasteiger partial charge in [0.15, 0.2) is 0 Å². The maximum Gasteiger partial charge on any atom is 0.268 e. The van der Waals surface area contributed by atoms with E-state index >= 15 is 0 Å². The van der Waals surface area contributed by atoms with Crippen molar-refractivity contribution in [2.75, 3.05) is 12.3 Å². The van der Waals surface area contributed by atoms with E-state index in [1.165, 1.54) is 6.07 Å². The molecule has 0 spiro atoms. The molecular weight excluding hydrogens is 304 g/mol. The van der Waals surface area contributed by atoms with Crippen LogP contribution in [-0.4, -0.2) is 11.6 Å². The van der Waals surface area contributed by atoms with Gasteiger partial charge in [0.05, 0.1) is 6.61 Å². The molecule has 0 bridgehead atoms. The standard InChI is InChI=1S/C15H11ClN4O2/c1-2-22-12-4-3-8(16)5-9(12)13-10(6-17)14(19)20-15(21)11(13)7-18/h3-5H,2H2,1H3,(H3,19,20,21). The van der Waals surface area contributed by atoms with E-state index in [0.29, 0.717) is 22.9 Å². The van der Waals surface area contributed by atoms with Crippen LogP contribution >= 0.6 is 11.6 Å². The molecule has 0 saturated heterocycles. The molecule has 2 rings (SSSR count). The molecule has 0 saturated carbocycles. The first-order valence-electron chi connectivity index (χ1n) is 6.32. The molecule has 1 aromatic carbocycles. The summed E-state index contributed by atoms with van der Waals surface area (Å²) in [5.41, 5.74) is 5.31. The second kappa shape index (κ2) is 6.21. The van der Waals surface area contributed by atoms with Gasteiger partial charge in [-0.05, 0) is 25.1 Å². The van der Waals surface area contributed by atoms with Crippen molar-refractivity contribution in [3.63, 3.8) is 0 Å². The molecule has 110 valence electrons. The Morgan fingerprint density at radius 3 is 2.59 bits per heavy atom. The van der Waals surface area contributed by atoms with Gasteiger partial charge in [0.1, 0.15) is 34.8 Å². The average Bonchev–Trinajstić information content (AvgIpc) is 2.48. The smallest absolute Gasteiger partial charge is 0.268 e. The summed E-state index contributed by atoms with van der Waals surface area (Å²) in [7, 11) is 0. The first-order valence-corrected chi connectivity index (χ1v) is 6.69.